The second kappa shape index (κ2) is 40.4. The van der Waals surface area contributed by atoms with E-state index in [1.165, 1.54) is 0 Å². The summed E-state index contributed by atoms with van der Waals surface area (Å²) in [7, 11) is 6.44. The molecular formula is C95H142O28. The van der Waals surface area contributed by atoms with Gasteiger partial charge in [-0.05, 0) is 126 Å². The Kier molecular flexibility index (Phi) is 31.5. The average Bonchev–Trinajstić information content (AvgIpc) is 1.61. The summed E-state index contributed by atoms with van der Waals surface area (Å²) < 4.78 is 127. The number of esters is 2. The van der Waals surface area contributed by atoms with Gasteiger partial charge < -0.3 is 125 Å². The molecule has 0 amide bonds. The molecule has 8 saturated heterocycles. The Balaban J connectivity index is 0.000000212. The summed E-state index contributed by atoms with van der Waals surface area (Å²) in [5.74, 6) is -5.18. The number of carbonyl (C=O) groups is 2. The van der Waals surface area contributed by atoms with Crippen LogP contribution in [0.4, 0.5) is 0 Å². The highest BCUT2D eigenvalue weighted by Crippen LogP contribution is 2.51. The first-order valence-electron chi connectivity index (χ1n) is 45.2. The maximum absolute atomic E-state index is 14.3. The average molecular weight is 1730 g/mol. The molecule has 12 heterocycles. The van der Waals surface area contributed by atoms with Crippen molar-refractivity contribution >= 4 is 11.9 Å². The summed E-state index contributed by atoms with van der Waals surface area (Å²) in [5, 5.41) is 68.4. The number of methoxy groups -OCH3 is 4. The number of rotatable bonds is 15. The Morgan fingerprint density at radius 3 is 1.22 bits per heavy atom. The van der Waals surface area contributed by atoms with Gasteiger partial charge in [0.25, 0.3) is 0 Å². The molecule has 28 nitrogen and oxygen atoms in total. The molecular weight excluding hydrogens is 1590 g/mol. The number of hydrogen-bond donors (Lipinski definition) is 6. The van der Waals surface area contributed by atoms with Crippen LogP contribution in [0, 0.1) is 47.3 Å². The van der Waals surface area contributed by atoms with Crippen molar-refractivity contribution in [1.82, 2.24) is 0 Å². The normalized spacial score (nSPS) is 49.2. The lowest BCUT2D eigenvalue weighted by Crippen LogP contribution is -2.58. The standard InChI is InChI=1S/C48H72O14.C47H70O14/c1-11-25(2)43-28(5)17-18-47(62-43)23-34-20-33(61-47)16-15-27(4)42(26(3)13-12-14-32-24-55-45-40(49)29(6)19-35(46(51)58-34)48(32,45)52)59-39-22-37(54-10)44(31(8)57-39)60-38-21-36(53-9)41(50)30(7)56-38;1-24(2)41-27(5)16-17-46(61-41)22-33-19-32(60-46)15-14-26(4)42(25(3)12-11-13-31-23-54-44-39(48)28(6)18-34(45(50)57-33)47(31,44)51)58-38-21-36(53-10)43(30(8)56-38)59-37-20-35(52-9)40(49)29(7)55-37/h12-15,17-19,25-26,28,30-31,33-45,49-50,52H,11,16,20-24H2,1-10H3;11-14,16-18,24-25,27,29-30,32-44,48-49,51H,15,19-23H2,1-10H3/b13-12+,27-15+,32-14+;12-11+,26-14+,31-13-/t25?,26-,28-,30-,31-,33+,34-,35-,36-,37-,38-,39-,40+,41-,42-,43+,44-,45+,47+,48+;25-,27-,29-,30-,32+,33-,34-,35-,36-,37-,38-,39+,40-,41+,42-,43-,44+,46+,47+/m00/s1. The van der Waals surface area contributed by atoms with Gasteiger partial charge in [0.2, 0.25) is 0 Å². The van der Waals surface area contributed by atoms with E-state index in [-0.39, 0.29) is 85.3 Å². The van der Waals surface area contributed by atoms with Gasteiger partial charge in [0.15, 0.2) is 36.7 Å². The van der Waals surface area contributed by atoms with Crippen LogP contribution in [0.2, 0.25) is 0 Å². The molecule has 6 N–H and O–H groups in total. The van der Waals surface area contributed by atoms with Gasteiger partial charge in [-0.25, -0.2) is 0 Å². The fraction of sp³-hybridized carbons (Fsp3) is 0.768. The van der Waals surface area contributed by atoms with Gasteiger partial charge in [-0.2, -0.15) is 0 Å². The van der Waals surface area contributed by atoms with Crippen LogP contribution in [0.1, 0.15) is 181 Å². The Bertz CT molecular complexity index is 3920. The van der Waals surface area contributed by atoms with E-state index in [1.54, 1.807) is 80.4 Å². The molecule has 14 rings (SSSR count). The minimum atomic E-state index is -1.84. The van der Waals surface area contributed by atoms with Crippen molar-refractivity contribution in [2.45, 2.75) is 376 Å². The van der Waals surface area contributed by atoms with Crippen LogP contribution in [0.3, 0.4) is 0 Å². The summed E-state index contributed by atoms with van der Waals surface area (Å²) >= 11 is 0. The van der Waals surface area contributed by atoms with Crippen LogP contribution in [-0.2, 0) is 104 Å². The second-order valence-corrected chi connectivity index (χ2v) is 37.8. The Hall–Kier alpha value is -4.62. The van der Waals surface area contributed by atoms with Gasteiger partial charge >= 0.3 is 11.9 Å². The monoisotopic (exact) mass is 1730 g/mol. The van der Waals surface area contributed by atoms with Crippen molar-refractivity contribution in [3.8, 4) is 0 Å². The number of hydrogen-bond acceptors (Lipinski definition) is 28. The number of ether oxygens (including phenoxy) is 20. The van der Waals surface area contributed by atoms with E-state index in [1.807, 2.05) is 64.2 Å². The molecule has 39 atom stereocenters. The molecule has 0 aromatic carbocycles. The van der Waals surface area contributed by atoms with Crippen molar-refractivity contribution < 1.29 is 135 Å². The molecule has 28 heteroatoms. The molecule has 690 valence electrons. The summed E-state index contributed by atoms with van der Waals surface area (Å²) in [4.78, 5) is 28.6. The first kappa shape index (κ1) is 95.9. The second-order valence-electron chi connectivity index (χ2n) is 37.8. The van der Waals surface area contributed by atoms with Gasteiger partial charge in [-0.15, -0.1) is 0 Å². The molecule has 12 aliphatic heterocycles. The largest absolute Gasteiger partial charge is 0.462 e. The highest BCUT2D eigenvalue weighted by atomic mass is 16.8. The smallest absolute Gasteiger partial charge is 0.316 e. The predicted octanol–water partition coefficient (Wildman–Crippen LogP) is 10.4. The fourth-order valence-corrected chi connectivity index (χ4v) is 21.0. The van der Waals surface area contributed by atoms with E-state index in [0.717, 1.165) is 17.6 Å². The molecule has 2 spiro atoms. The quantitative estimate of drug-likeness (QED) is 0.0655. The van der Waals surface area contributed by atoms with E-state index < -0.39 is 182 Å². The lowest BCUT2D eigenvalue weighted by Gasteiger charge is -2.48. The molecule has 0 saturated carbocycles. The predicted molar refractivity (Wildman–Crippen MR) is 450 cm³/mol. The van der Waals surface area contributed by atoms with Crippen molar-refractivity contribution in [2.75, 3.05) is 41.7 Å². The van der Waals surface area contributed by atoms with Gasteiger partial charge in [0, 0.05) is 103 Å². The van der Waals surface area contributed by atoms with Gasteiger partial charge in [-0.3, -0.25) is 9.59 Å². The molecule has 0 radical (unpaired) electrons. The van der Waals surface area contributed by atoms with Crippen molar-refractivity contribution in [3.05, 3.63) is 119 Å². The Labute approximate surface area is 726 Å². The van der Waals surface area contributed by atoms with Crippen molar-refractivity contribution in [3.63, 3.8) is 0 Å². The molecule has 4 bridgehead atoms. The van der Waals surface area contributed by atoms with E-state index in [9.17, 15) is 40.2 Å². The minimum absolute atomic E-state index is 0.0313. The third kappa shape index (κ3) is 20.6. The molecule has 8 fully saturated rings. The molecule has 2 aliphatic carbocycles. The van der Waals surface area contributed by atoms with Gasteiger partial charge in [0.1, 0.15) is 84.1 Å². The molecule has 14 aliphatic rings. The maximum Gasteiger partial charge on any atom is 0.316 e. The lowest BCUT2D eigenvalue weighted by molar-refractivity contribution is -0.318. The number of aliphatic hydroxyl groups is 6. The Morgan fingerprint density at radius 1 is 0.455 bits per heavy atom. The number of fused-ring (bicyclic) bond motifs is 4. The minimum Gasteiger partial charge on any atom is -0.462 e. The molecule has 123 heavy (non-hydrogen) atoms. The van der Waals surface area contributed by atoms with Crippen molar-refractivity contribution in [1.29, 1.82) is 0 Å². The molecule has 0 aromatic heterocycles. The highest BCUT2D eigenvalue weighted by molar-refractivity contribution is 5.79. The fourth-order valence-electron chi connectivity index (χ4n) is 21.0. The van der Waals surface area contributed by atoms with E-state index in [0.29, 0.717) is 86.5 Å². The van der Waals surface area contributed by atoms with E-state index >= 15 is 0 Å². The van der Waals surface area contributed by atoms with Gasteiger partial charge in [-0.1, -0.05) is 135 Å². The third-order valence-electron chi connectivity index (χ3n) is 28.5. The number of allylic oxidation sites excluding steroid dienone is 4. The molecule has 0 aromatic rings. The zero-order valence-corrected chi connectivity index (χ0v) is 75.7. The van der Waals surface area contributed by atoms with Crippen LogP contribution in [-0.4, -0.2) is 279 Å². The van der Waals surface area contributed by atoms with Crippen LogP contribution >= 0.6 is 0 Å². The van der Waals surface area contributed by atoms with Crippen LogP contribution in [0.5, 0.6) is 0 Å². The number of carbonyl (C=O) groups excluding carboxylic acids is 2. The summed E-state index contributed by atoms with van der Waals surface area (Å²) in [6.45, 7) is 32.1. The Morgan fingerprint density at radius 2 is 0.829 bits per heavy atom. The third-order valence-corrected chi connectivity index (χ3v) is 28.5. The summed E-state index contributed by atoms with van der Waals surface area (Å²) in [5.41, 5.74) is 0.263. The number of aliphatic hydroxyl groups excluding tert-OH is 4. The first-order valence-corrected chi connectivity index (χ1v) is 45.2. The zero-order chi connectivity index (χ0) is 88.6. The lowest BCUT2D eigenvalue weighted by atomic mass is 9.71. The van der Waals surface area contributed by atoms with E-state index in [2.05, 4.69) is 79.7 Å². The topological polar surface area (TPSA) is 340 Å². The SMILES string of the molecule is CCC(C)[C@H]1O[C@]2(C=C[C@@H]1C)C[C@@H]1C[C@@H](C/C=C(\C)[C@@H](O[C@H]3C[C@H](OC)[C@@H](O[C@H]4C[C@H](OC)[C@@H](O)[C@H](C)O4)[C@H](C)O3)[C@@H](C)/C=C/C=C3\CO[C@@H]4[C@H](O)C(C)=C[C@@H](C(=O)O1)[C@]34O)O2.CO[C@H]1C[C@H](O[C@H]2[C@H](C)O[C@@H](O[C@@H]3/C(C)=C/C[C@@H]4C[C@@H](C[C@]5(C=C[C@H](C)[C@@H](C(C)C)O5)O4)OC(=O)[C@@H]4C=C(C)[C@@H](O)[C@H]5OC/C(=C/C=C/[C@@H]3C)[C@]54O)C[C@@H]2OC)O[C@@H](C)[C@@H]1O. The first-order chi connectivity index (χ1) is 58.5. The highest BCUT2D eigenvalue weighted by Gasteiger charge is 2.63. The molecule has 1 unspecified atom stereocenters. The maximum atomic E-state index is 14.3. The van der Waals surface area contributed by atoms with Crippen LogP contribution in [0.25, 0.3) is 0 Å². The van der Waals surface area contributed by atoms with Crippen LogP contribution < -0.4 is 0 Å². The van der Waals surface area contributed by atoms with Crippen molar-refractivity contribution in [2.24, 2.45) is 47.3 Å². The van der Waals surface area contributed by atoms with E-state index in [4.69, 9.17) is 94.7 Å². The summed E-state index contributed by atoms with van der Waals surface area (Å²) in [6, 6.07) is 0. The van der Waals surface area contributed by atoms with Crippen LogP contribution in [0.15, 0.2) is 119 Å². The summed E-state index contributed by atoms with van der Waals surface area (Å²) in [6.07, 6.45) is 16.1. The van der Waals surface area contributed by atoms with Gasteiger partial charge in [0.05, 0.1) is 98.7 Å². The zero-order valence-electron chi connectivity index (χ0n) is 75.7.